The van der Waals surface area contributed by atoms with Gasteiger partial charge in [0.2, 0.25) is 0 Å². The molecule has 1 N–H and O–H groups in total. The third-order valence-electron chi connectivity index (χ3n) is 4.51. The lowest BCUT2D eigenvalue weighted by atomic mass is 9.99. The van der Waals surface area contributed by atoms with Gasteiger partial charge < -0.3 is 0 Å². The summed E-state index contributed by atoms with van der Waals surface area (Å²) in [6.45, 7) is 0. The minimum atomic E-state index is -0.240. The number of nitrogens with zero attached hydrogens (tertiary/aromatic N) is 3. The number of rotatable bonds is 3. The number of aromatic nitrogens is 2. The lowest BCUT2D eigenvalue weighted by Crippen LogP contribution is -2.18. The van der Waals surface area contributed by atoms with Crippen LogP contribution in [0.15, 0.2) is 76.1 Å². The van der Waals surface area contributed by atoms with Gasteiger partial charge in [0, 0.05) is 25.2 Å². The number of amides is 1. The second-order valence-electron chi connectivity index (χ2n) is 6.33. The highest BCUT2D eigenvalue weighted by atomic mass is 16.2. The van der Waals surface area contributed by atoms with Gasteiger partial charge in [0.15, 0.2) is 0 Å². The molecule has 1 aliphatic rings. The first kappa shape index (κ1) is 16.8. The van der Waals surface area contributed by atoms with Crippen molar-refractivity contribution < 1.29 is 4.79 Å². The Morgan fingerprint density at radius 3 is 2.11 bits per heavy atom. The van der Waals surface area contributed by atoms with E-state index in [9.17, 15) is 9.59 Å². The summed E-state index contributed by atoms with van der Waals surface area (Å²) < 4.78 is 1.41. The molecule has 2 aromatic carbocycles. The maximum atomic E-state index is 12.7. The van der Waals surface area contributed by atoms with Crippen LogP contribution in [0.3, 0.4) is 0 Å². The van der Waals surface area contributed by atoms with Crippen molar-refractivity contribution in [3.05, 3.63) is 87.7 Å². The van der Waals surface area contributed by atoms with E-state index in [1.807, 2.05) is 60.7 Å². The molecule has 134 valence electrons. The van der Waals surface area contributed by atoms with Crippen molar-refractivity contribution in [1.82, 2.24) is 14.8 Å². The molecule has 6 nitrogen and oxygen atoms in total. The summed E-state index contributed by atoms with van der Waals surface area (Å²) in [7, 11) is 3.27. The maximum absolute atomic E-state index is 12.7. The molecule has 0 aliphatic carbocycles. The summed E-state index contributed by atoms with van der Waals surface area (Å²) in [6, 6.07) is 19.0. The summed E-state index contributed by atoms with van der Waals surface area (Å²) in [5.74, 6) is -0.240. The number of hydrogen-bond acceptors (Lipinski definition) is 3. The van der Waals surface area contributed by atoms with Gasteiger partial charge in [0.05, 0.1) is 16.8 Å². The minimum Gasteiger partial charge on any atom is -0.295 e. The predicted molar refractivity (Wildman–Crippen MR) is 105 cm³/mol. The van der Waals surface area contributed by atoms with Gasteiger partial charge in [0.1, 0.15) is 5.71 Å². The molecule has 0 radical (unpaired) electrons. The summed E-state index contributed by atoms with van der Waals surface area (Å²) in [6.07, 6.45) is 1.64. The lowest BCUT2D eigenvalue weighted by Gasteiger charge is -2.03. The van der Waals surface area contributed by atoms with E-state index in [1.165, 1.54) is 9.69 Å². The molecule has 0 fully saturated rings. The van der Waals surface area contributed by atoms with Crippen LogP contribution in [-0.4, -0.2) is 33.5 Å². The maximum Gasteiger partial charge on any atom is 0.276 e. The molecule has 0 saturated carbocycles. The Bertz CT molecular complexity index is 1120. The Balaban J connectivity index is 1.90. The molecule has 27 heavy (non-hydrogen) atoms. The summed E-state index contributed by atoms with van der Waals surface area (Å²) >= 11 is 0. The normalized spacial score (nSPS) is 15.5. The van der Waals surface area contributed by atoms with Crippen molar-refractivity contribution in [2.45, 2.75) is 0 Å². The van der Waals surface area contributed by atoms with Crippen LogP contribution >= 0.6 is 0 Å². The number of carbonyl (C=O) groups excluding carboxylic acids is 1. The van der Waals surface area contributed by atoms with Gasteiger partial charge in [0.25, 0.3) is 11.5 Å². The van der Waals surface area contributed by atoms with E-state index in [1.54, 1.807) is 20.2 Å². The Morgan fingerprint density at radius 1 is 0.889 bits per heavy atom. The predicted octanol–water partition coefficient (Wildman–Crippen LogP) is 2.64. The number of H-pyrrole nitrogens is 1. The molecule has 1 aromatic heterocycles. The van der Waals surface area contributed by atoms with Crippen molar-refractivity contribution in [3.8, 4) is 11.3 Å². The number of benzene rings is 2. The molecule has 0 atom stereocenters. The number of aryl methyl sites for hydroxylation is 1. The van der Waals surface area contributed by atoms with Crippen molar-refractivity contribution in [2.24, 2.45) is 12.1 Å². The quantitative estimate of drug-likeness (QED) is 0.731. The van der Waals surface area contributed by atoms with Gasteiger partial charge in [-0.3, -0.25) is 19.4 Å². The lowest BCUT2D eigenvalue weighted by molar-refractivity contribution is -0.124. The van der Waals surface area contributed by atoms with Gasteiger partial charge in [-0.05, 0) is 6.08 Å². The summed E-state index contributed by atoms with van der Waals surface area (Å²) in [5.41, 5.74) is 3.57. The molecule has 0 unspecified atom stereocenters. The number of hydrogen-bond donors (Lipinski definition) is 1. The van der Waals surface area contributed by atoms with Crippen molar-refractivity contribution in [1.29, 1.82) is 0 Å². The van der Waals surface area contributed by atoms with Gasteiger partial charge in [-0.1, -0.05) is 60.7 Å². The van der Waals surface area contributed by atoms with E-state index in [2.05, 4.69) is 10.2 Å². The second kappa shape index (κ2) is 6.57. The van der Waals surface area contributed by atoms with Crippen LogP contribution in [0, 0.1) is 0 Å². The third kappa shape index (κ3) is 2.91. The molecule has 4 rings (SSSR count). The SMILES string of the molecule is CN1N=C(c2ccccc2)C(=Cc2c(-c3ccccc3)[nH]n(C)c2=O)C1=O. The first-order chi connectivity index (χ1) is 13.1. The first-order valence-corrected chi connectivity index (χ1v) is 8.55. The Kier molecular flexibility index (Phi) is 4.08. The van der Waals surface area contributed by atoms with E-state index in [4.69, 9.17) is 0 Å². The highest BCUT2D eigenvalue weighted by molar-refractivity contribution is 6.33. The van der Waals surface area contributed by atoms with E-state index in [-0.39, 0.29) is 11.5 Å². The van der Waals surface area contributed by atoms with Crippen molar-refractivity contribution in [3.63, 3.8) is 0 Å². The number of nitrogens with one attached hydrogen (secondary N) is 1. The van der Waals surface area contributed by atoms with Crippen LogP contribution in [0.4, 0.5) is 0 Å². The second-order valence-corrected chi connectivity index (χ2v) is 6.33. The topological polar surface area (TPSA) is 70.5 Å². The molecular weight excluding hydrogens is 340 g/mol. The zero-order valence-corrected chi connectivity index (χ0v) is 15.0. The fraction of sp³-hybridized carbons (Fsp3) is 0.0952. The van der Waals surface area contributed by atoms with E-state index in [0.717, 1.165) is 11.1 Å². The Labute approximate surface area is 156 Å². The number of likely N-dealkylation sites (N-methyl/N-ethyl adjacent to an activating group) is 1. The molecule has 1 aliphatic heterocycles. The van der Waals surface area contributed by atoms with Crippen LogP contribution in [0.2, 0.25) is 0 Å². The number of aromatic amines is 1. The molecule has 2 heterocycles. The zero-order valence-electron chi connectivity index (χ0n) is 15.0. The van der Waals surface area contributed by atoms with E-state index in [0.29, 0.717) is 22.5 Å². The summed E-state index contributed by atoms with van der Waals surface area (Å²) in [5, 5.41) is 8.75. The van der Waals surface area contributed by atoms with Gasteiger partial charge in [-0.2, -0.15) is 5.10 Å². The standard InChI is InChI=1S/C21H18N4O2/c1-24-20(26)16(18(22-24)14-9-5-3-6-10-14)13-17-19(23-25(2)21(17)27)15-11-7-4-8-12-15/h3-13,22H,1-2H3. The van der Waals surface area contributed by atoms with Crippen LogP contribution in [-0.2, 0) is 11.8 Å². The minimum absolute atomic E-state index is 0.198. The van der Waals surface area contributed by atoms with Gasteiger partial charge in [-0.25, -0.2) is 5.01 Å². The van der Waals surface area contributed by atoms with Crippen molar-refractivity contribution >= 4 is 17.7 Å². The number of carbonyl (C=O) groups is 1. The monoisotopic (exact) mass is 358 g/mol. The number of hydrazone groups is 1. The molecule has 0 saturated heterocycles. The molecular formula is C21H18N4O2. The third-order valence-corrected chi connectivity index (χ3v) is 4.51. The average molecular weight is 358 g/mol. The summed E-state index contributed by atoms with van der Waals surface area (Å²) in [4.78, 5) is 25.4. The zero-order chi connectivity index (χ0) is 19.0. The highest BCUT2D eigenvalue weighted by Crippen LogP contribution is 2.25. The highest BCUT2D eigenvalue weighted by Gasteiger charge is 2.29. The van der Waals surface area contributed by atoms with E-state index >= 15 is 0 Å². The fourth-order valence-electron chi connectivity index (χ4n) is 3.13. The molecule has 0 bridgehead atoms. The Hall–Kier alpha value is -3.67. The molecule has 3 aromatic rings. The van der Waals surface area contributed by atoms with Gasteiger partial charge in [-0.15, -0.1) is 0 Å². The smallest absolute Gasteiger partial charge is 0.276 e. The average Bonchev–Trinajstić information content (AvgIpc) is 3.15. The molecule has 6 heteroatoms. The molecule has 0 spiro atoms. The first-order valence-electron chi connectivity index (χ1n) is 8.55. The van der Waals surface area contributed by atoms with Crippen LogP contribution in [0.1, 0.15) is 11.1 Å². The fourth-order valence-corrected chi connectivity index (χ4v) is 3.13. The van der Waals surface area contributed by atoms with Crippen molar-refractivity contribution in [2.75, 3.05) is 7.05 Å². The molecule has 1 amide bonds. The van der Waals surface area contributed by atoms with Crippen LogP contribution < -0.4 is 5.56 Å². The Morgan fingerprint density at radius 2 is 1.48 bits per heavy atom. The van der Waals surface area contributed by atoms with Crippen LogP contribution in [0.5, 0.6) is 0 Å². The van der Waals surface area contributed by atoms with E-state index < -0.39 is 0 Å². The largest absolute Gasteiger partial charge is 0.295 e. The van der Waals surface area contributed by atoms with Crippen LogP contribution in [0.25, 0.3) is 17.3 Å². The van der Waals surface area contributed by atoms with Gasteiger partial charge >= 0.3 is 0 Å².